The Morgan fingerprint density at radius 3 is 2.19 bits per heavy atom. The van der Waals surface area contributed by atoms with Gasteiger partial charge in [0.15, 0.2) is 0 Å². The summed E-state index contributed by atoms with van der Waals surface area (Å²) in [5.74, 6) is 0. The molecule has 0 aromatic rings. The maximum Gasteiger partial charge on any atom is 0.390 e. The first-order valence-electron chi connectivity index (χ1n) is 4.90. The van der Waals surface area contributed by atoms with Crippen LogP contribution in [0.25, 0.3) is 0 Å². The first kappa shape index (κ1) is 15.7. The van der Waals surface area contributed by atoms with Crippen molar-refractivity contribution in [1.29, 1.82) is 0 Å². The van der Waals surface area contributed by atoms with Crippen molar-refractivity contribution < 1.29 is 21.6 Å². The zero-order valence-corrected chi connectivity index (χ0v) is 10.0. The van der Waals surface area contributed by atoms with E-state index in [0.717, 1.165) is 0 Å². The first-order chi connectivity index (χ1) is 7.12. The van der Waals surface area contributed by atoms with Gasteiger partial charge in [0.2, 0.25) is 10.0 Å². The molecule has 0 aromatic heterocycles. The Morgan fingerprint density at radius 1 is 1.38 bits per heavy atom. The monoisotopic (exact) mass is 262 g/mol. The minimum Gasteiger partial charge on any atom is -0.329 e. The summed E-state index contributed by atoms with van der Waals surface area (Å²) in [5.41, 5.74) is 5.23. The number of halogens is 3. The summed E-state index contributed by atoms with van der Waals surface area (Å²) in [4.78, 5) is 0. The molecule has 0 rings (SSSR count). The van der Waals surface area contributed by atoms with Gasteiger partial charge in [0, 0.05) is 12.6 Å². The molecule has 0 amide bonds. The predicted octanol–water partition coefficient (Wildman–Crippen LogP) is 0.984. The van der Waals surface area contributed by atoms with Crippen LogP contribution in [0, 0.1) is 0 Å². The largest absolute Gasteiger partial charge is 0.390 e. The highest BCUT2D eigenvalue weighted by Crippen LogP contribution is 2.21. The highest BCUT2D eigenvalue weighted by Gasteiger charge is 2.33. The van der Waals surface area contributed by atoms with Crippen LogP contribution in [-0.4, -0.2) is 32.4 Å². The molecule has 2 atom stereocenters. The fourth-order valence-corrected chi connectivity index (χ4v) is 2.81. The van der Waals surface area contributed by atoms with Crippen LogP contribution < -0.4 is 10.5 Å². The Kier molecular flexibility index (Phi) is 5.71. The smallest absolute Gasteiger partial charge is 0.329 e. The molecule has 0 aromatic carbocycles. The van der Waals surface area contributed by atoms with Gasteiger partial charge in [-0.3, -0.25) is 0 Å². The normalized spacial score (nSPS) is 17.1. The number of hydrogen-bond acceptors (Lipinski definition) is 3. The van der Waals surface area contributed by atoms with Gasteiger partial charge in [-0.15, -0.1) is 0 Å². The van der Waals surface area contributed by atoms with E-state index in [1.807, 2.05) is 4.72 Å². The van der Waals surface area contributed by atoms with Gasteiger partial charge in [-0.2, -0.15) is 13.2 Å². The van der Waals surface area contributed by atoms with Gasteiger partial charge >= 0.3 is 6.18 Å². The van der Waals surface area contributed by atoms with E-state index in [4.69, 9.17) is 5.73 Å². The Labute approximate surface area is 93.4 Å². The van der Waals surface area contributed by atoms with Gasteiger partial charge in [0.25, 0.3) is 0 Å². The van der Waals surface area contributed by atoms with E-state index < -0.39 is 33.9 Å². The van der Waals surface area contributed by atoms with Crippen molar-refractivity contribution in [2.75, 3.05) is 6.54 Å². The molecule has 0 bridgehead atoms. The molecule has 0 fully saturated rings. The van der Waals surface area contributed by atoms with Crippen molar-refractivity contribution in [2.45, 2.75) is 44.2 Å². The summed E-state index contributed by atoms with van der Waals surface area (Å²) in [6.45, 7) is 2.68. The molecule has 0 aliphatic heterocycles. The molecule has 4 nitrogen and oxygen atoms in total. The van der Waals surface area contributed by atoms with Crippen LogP contribution >= 0.6 is 0 Å². The molecule has 8 heteroatoms. The summed E-state index contributed by atoms with van der Waals surface area (Å²) in [5, 5.41) is -0.844. The van der Waals surface area contributed by atoms with Crippen LogP contribution in [0.4, 0.5) is 13.2 Å². The number of alkyl halides is 3. The molecule has 2 unspecified atom stereocenters. The molecule has 0 spiro atoms. The minimum absolute atomic E-state index is 0.107. The van der Waals surface area contributed by atoms with Crippen LogP contribution in [0.3, 0.4) is 0 Å². The van der Waals surface area contributed by atoms with Crippen molar-refractivity contribution in [1.82, 2.24) is 4.72 Å². The van der Waals surface area contributed by atoms with E-state index in [9.17, 15) is 21.6 Å². The second-order valence-electron chi connectivity index (χ2n) is 3.65. The van der Waals surface area contributed by atoms with Gasteiger partial charge in [-0.1, -0.05) is 6.92 Å². The zero-order valence-electron chi connectivity index (χ0n) is 9.21. The Hall–Kier alpha value is -0.340. The Bertz CT molecular complexity index is 299. The van der Waals surface area contributed by atoms with Crippen molar-refractivity contribution in [2.24, 2.45) is 5.73 Å². The van der Waals surface area contributed by atoms with Crippen molar-refractivity contribution in [3.8, 4) is 0 Å². The third kappa shape index (κ3) is 5.66. The number of nitrogens with one attached hydrogen (secondary N) is 1. The molecule has 0 saturated carbocycles. The van der Waals surface area contributed by atoms with Crippen LogP contribution in [0.5, 0.6) is 0 Å². The molecule has 3 N–H and O–H groups in total. The van der Waals surface area contributed by atoms with Gasteiger partial charge in [-0.05, 0) is 13.3 Å². The summed E-state index contributed by atoms with van der Waals surface area (Å²) >= 11 is 0. The molecular weight excluding hydrogens is 245 g/mol. The lowest BCUT2D eigenvalue weighted by atomic mass is 10.2. The molecule has 16 heavy (non-hydrogen) atoms. The first-order valence-corrected chi connectivity index (χ1v) is 6.45. The van der Waals surface area contributed by atoms with E-state index in [1.165, 1.54) is 6.92 Å². The predicted molar refractivity (Wildman–Crippen MR) is 55.3 cm³/mol. The van der Waals surface area contributed by atoms with Crippen molar-refractivity contribution in [3.05, 3.63) is 0 Å². The molecule has 0 aliphatic rings. The van der Waals surface area contributed by atoms with E-state index in [0.29, 0.717) is 0 Å². The van der Waals surface area contributed by atoms with Gasteiger partial charge in [0.05, 0.1) is 11.7 Å². The number of hydrogen-bond donors (Lipinski definition) is 2. The fraction of sp³-hybridized carbons (Fsp3) is 1.00. The van der Waals surface area contributed by atoms with E-state index in [1.54, 1.807) is 6.92 Å². The second-order valence-corrected chi connectivity index (χ2v) is 5.64. The summed E-state index contributed by atoms with van der Waals surface area (Å²) in [7, 11) is -3.77. The maximum atomic E-state index is 12.0. The Morgan fingerprint density at radius 2 is 1.88 bits per heavy atom. The Balaban J connectivity index is 4.48. The molecule has 0 heterocycles. The quantitative estimate of drug-likeness (QED) is 0.749. The lowest BCUT2D eigenvalue weighted by molar-refractivity contribution is -0.137. The maximum absolute atomic E-state index is 12.0. The van der Waals surface area contributed by atoms with Crippen LogP contribution in [0.15, 0.2) is 0 Å². The summed E-state index contributed by atoms with van der Waals surface area (Å²) in [6, 6.07) is -1.18. The van der Waals surface area contributed by atoms with Crippen LogP contribution in [0.2, 0.25) is 0 Å². The van der Waals surface area contributed by atoms with Gasteiger partial charge in [-0.25, -0.2) is 13.1 Å². The highest BCUT2D eigenvalue weighted by molar-refractivity contribution is 7.90. The fourth-order valence-electron chi connectivity index (χ4n) is 1.28. The highest BCUT2D eigenvalue weighted by atomic mass is 32.2. The number of sulfonamides is 1. The SMILES string of the molecule is CCC(CN)S(=O)(=O)NC(C)CC(F)(F)F. The summed E-state index contributed by atoms with van der Waals surface area (Å²) < 4.78 is 61.0. The van der Waals surface area contributed by atoms with Crippen LogP contribution in [0.1, 0.15) is 26.7 Å². The molecule has 98 valence electrons. The molecule has 0 radical (unpaired) electrons. The second kappa shape index (κ2) is 5.83. The lowest BCUT2D eigenvalue weighted by Gasteiger charge is -2.20. The molecular formula is C8H17F3N2O2S. The molecule has 0 aliphatic carbocycles. The van der Waals surface area contributed by atoms with E-state index >= 15 is 0 Å². The van der Waals surface area contributed by atoms with Crippen molar-refractivity contribution in [3.63, 3.8) is 0 Å². The third-order valence-corrected chi connectivity index (χ3v) is 4.19. The zero-order chi connectivity index (χ0) is 13.0. The molecule has 0 saturated heterocycles. The van der Waals surface area contributed by atoms with E-state index in [2.05, 4.69) is 0 Å². The number of nitrogens with two attached hydrogens (primary N) is 1. The van der Waals surface area contributed by atoms with E-state index in [-0.39, 0.29) is 13.0 Å². The average molecular weight is 262 g/mol. The van der Waals surface area contributed by atoms with Gasteiger partial charge < -0.3 is 5.73 Å². The van der Waals surface area contributed by atoms with Crippen LogP contribution in [-0.2, 0) is 10.0 Å². The standard InChI is InChI=1S/C8H17F3N2O2S/c1-3-7(5-12)16(14,15)13-6(2)4-8(9,10)11/h6-7,13H,3-5,12H2,1-2H3. The summed E-state index contributed by atoms with van der Waals surface area (Å²) in [6.07, 6.45) is -5.30. The van der Waals surface area contributed by atoms with Crippen molar-refractivity contribution >= 4 is 10.0 Å². The van der Waals surface area contributed by atoms with Gasteiger partial charge in [0.1, 0.15) is 0 Å². The average Bonchev–Trinajstić information content (AvgIpc) is 1.99. The minimum atomic E-state index is -4.38. The number of rotatable bonds is 6. The third-order valence-electron chi connectivity index (χ3n) is 2.06. The lowest BCUT2D eigenvalue weighted by Crippen LogP contribution is -2.43. The topological polar surface area (TPSA) is 72.2 Å².